The minimum absolute atomic E-state index is 0.124. The normalized spacial score (nSPS) is 19.6. The summed E-state index contributed by atoms with van der Waals surface area (Å²) in [6, 6.07) is 1.92. The molecular weight excluding hydrogens is 302 g/mol. The van der Waals surface area contributed by atoms with Crippen molar-refractivity contribution in [2.75, 3.05) is 19.8 Å². The van der Waals surface area contributed by atoms with E-state index in [9.17, 15) is 17.2 Å². The minimum atomic E-state index is -4.32. The molecule has 0 spiro atoms. The Kier molecular flexibility index (Phi) is 4.27. The molecular formula is C11H11ClF2O4S. The smallest absolute Gasteiger partial charge is 0.264 e. The molecule has 1 unspecified atom stereocenters. The lowest BCUT2D eigenvalue weighted by Gasteiger charge is -2.12. The zero-order valence-corrected chi connectivity index (χ0v) is 11.3. The van der Waals surface area contributed by atoms with Crippen molar-refractivity contribution in [3.8, 4) is 5.75 Å². The zero-order chi connectivity index (χ0) is 14.0. The third-order valence-electron chi connectivity index (χ3n) is 2.77. The van der Waals surface area contributed by atoms with Gasteiger partial charge in [-0.1, -0.05) is 0 Å². The van der Waals surface area contributed by atoms with Gasteiger partial charge in [-0.3, -0.25) is 0 Å². The summed E-state index contributed by atoms with van der Waals surface area (Å²) in [6.07, 6.45) is 0.790. The molecule has 1 heterocycles. The van der Waals surface area contributed by atoms with Gasteiger partial charge in [0.05, 0.1) is 13.2 Å². The van der Waals surface area contributed by atoms with Crippen LogP contribution in [-0.2, 0) is 13.8 Å². The molecule has 0 bridgehead atoms. The number of hydrogen-bond acceptors (Lipinski definition) is 4. The summed E-state index contributed by atoms with van der Waals surface area (Å²) in [5.74, 6) is -3.11. The van der Waals surface area contributed by atoms with E-state index in [0.29, 0.717) is 13.2 Å². The number of benzene rings is 1. The molecule has 1 fully saturated rings. The molecule has 1 aromatic carbocycles. The number of halogens is 3. The molecule has 1 atom stereocenters. The van der Waals surface area contributed by atoms with Gasteiger partial charge in [-0.05, 0) is 18.6 Å². The predicted octanol–water partition coefficient (Wildman–Crippen LogP) is 2.31. The van der Waals surface area contributed by atoms with Gasteiger partial charge in [0.2, 0.25) is 5.82 Å². The second kappa shape index (κ2) is 5.60. The summed E-state index contributed by atoms with van der Waals surface area (Å²) in [7, 11) is 0.655. The summed E-state index contributed by atoms with van der Waals surface area (Å²) >= 11 is 0. The second-order valence-corrected chi connectivity index (χ2v) is 6.70. The standard InChI is InChI=1S/C11H11ClF2O4S/c12-19(15,16)9-2-1-8(10(13)11(9)14)18-6-7-3-4-17-5-7/h1-2,7H,3-6H2. The van der Waals surface area contributed by atoms with Crippen LogP contribution in [0.15, 0.2) is 17.0 Å². The molecule has 8 heteroatoms. The highest BCUT2D eigenvalue weighted by molar-refractivity contribution is 8.13. The Bertz CT molecular complexity index is 570. The topological polar surface area (TPSA) is 52.6 Å². The molecule has 0 radical (unpaired) electrons. The monoisotopic (exact) mass is 312 g/mol. The molecule has 106 valence electrons. The Balaban J connectivity index is 2.16. The average Bonchev–Trinajstić information content (AvgIpc) is 2.82. The van der Waals surface area contributed by atoms with Crippen LogP contribution in [0.1, 0.15) is 6.42 Å². The Morgan fingerprint density at radius 3 is 2.68 bits per heavy atom. The van der Waals surface area contributed by atoms with Crippen LogP contribution in [-0.4, -0.2) is 28.2 Å². The molecule has 0 saturated carbocycles. The number of rotatable bonds is 4. The molecule has 19 heavy (non-hydrogen) atoms. The van der Waals surface area contributed by atoms with Crippen molar-refractivity contribution in [3.63, 3.8) is 0 Å². The molecule has 2 rings (SSSR count). The Morgan fingerprint density at radius 1 is 1.37 bits per heavy atom. The fraction of sp³-hybridized carbons (Fsp3) is 0.455. The van der Waals surface area contributed by atoms with Crippen LogP contribution in [0.2, 0.25) is 0 Å². The lowest BCUT2D eigenvalue weighted by molar-refractivity contribution is 0.165. The Labute approximate surface area is 113 Å². The molecule has 0 aromatic heterocycles. The predicted molar refractivity (Wildman–Crippen MR) is 63.8 cm³/mol. The van der Waals surface area contributed by atoms with E-state index in [1.807, 2.05) is 0 Å². The summed E-state index contributed by atoms with van der Waals surface area (Å²) in [6.45, 7) is 1.32. The molecule has 1 aliphatic heterocycles. The van der Waals surface area contributed by atoms with Crippen molar-refractivity contribution in [2.45, 2.75) is 11.3 Å². The van der Waals surface area contributed by atoms with Crippen LogP contribution in [0, 0.1) is 17.6 Å². The second-order valence-electron chi connectivity index (χ2n) is 4.17. The van der Waals surface area contributed by atoms with Gasteiger partial charge in [-0.15, -0.1) is 0 Å². The summed E-state index contributed by atoms with van der Waals surface area (Å²) in [4.78, 5) is -0.900. The maximum absolute atomic E-state index is 13.6. The van der Waals surface area contributed by atoms with Gasteiger partial charge in [0, 0.05) is 23.2 Å². The summed E-state index contributed by atoms with van der Waals surface area (Å²) in [5, 5.41) is 0. The summed E-state index contributed by atoms with van der Waals surface area (Å²) < 4.78 is 59.4. The van der Waals surface area contributed by atoms with Crippen LogP contribution >= 0.6 is 10.7 Å². The zero-order valence-electron chi connectivity index (χ0n) is 9.74. The van der Waals surface area contributed by atoms with Gasteiger partial charge < -0.3 is 9.47 Å². The van der Waals surface area contributed by atoms with Gasteiger partial charge in [0.15, 0.2) is 11.6 Å². The third kappa shape index (κ3) is 3.34. The average molecular weight is 313 g/mol. The Morgan fingerprint density at radius 2 is 2.11 bits per heavy atom. The largest absolute Gasteiger partial charge is 0.490 e. The highest BCUT2D eigenvalue weighted by Gasteiger charge is 2.23. The first-order valence-corrected chi connectivity index (χ1v) is 7.83. The van der Waals surface area contributed by atoms with Crippen LogP contribution in [0.5, 0.6) is 5.75 Å². The van der Waals surface area contributed by atoms with Gasteiger partial charge in [-0.25, -0.2) is 12.8 Å². The molecule has 1 aromatic rings. The van der Waals surface area contributed by atoms with Gasteiger partial charge in [0.1, 0.15) is 4.90 Å². The van der Waals surface area contributed by atoms with Crippen LogP contribution < -0.4 is 4.74 Å². The quantitative estimate of drug-likeness (QED) is 0.801. The lowest BCUT2D eigenvalue weighted by Crippen LogP contribution is -2.13. The van der Waals surface area contributed by atoms with E-state index in [0.717, 1.165) is 18.6 Å². The van der Waals surface area contributed by atoms with Crippen molar-refractivity contribution >= 4 is 19.7 Å². The van der Waals surface area contributed by atoms with Crippen molar-refractivity contribution in [1.29, 1.82) is 0 Å². The highest BCUT2D eigenvalue weighted by Crippen LogP contribution is 2.28. The first-order chi connectivity index (χ1) is 8.89. The van der Waals surface area contributed by atoms with E-state index in [2.05, 4.69) is 0 Å². The first kappa shape index (κ1) is 14.5. The van der Waals surface area contributed by atoms with Crippen molar-refractivity contribution < 1.29 is 26.7 Å². The Hall–Kier alpha value is -0.920. The van der Waals surface area contributed by atoms with Gasteiger partial charge >= 0.3 is 0 Å². The van der Waals surface area contributed by atoms with E-state index in [1.165, 1.54) is 0 Å². The van der Waals surface area contributed by atoms with Crippen LogP contribution in [0.3, 0.4) is 0 Å². The van der Waals surface area contributed by atoms with Crippen molar-refractivity contribution in [3.05, 3.63) is 23.8 Å². The minimum Gasteiger partial charge on any atom is -0.490 e. The van der Waals surface area contributed by atoms with E-state index in [1.54, 1.807) is 0 Å². The van der Waals surface area contributed by atoms with Gasteiger partial charge in [0.25, 0.3) is 9.05 Å². The first-order valence-electron chi connectivity index (χ1n) is 5.53. The molecule has 1 saturated heterocycles. The van der Waals surface area contributed by atoms with Crippen molar-refractivity contribution in [1.82, 2.24) is 0 Å². The fourth-order valence-corrected chi connectivity index (χ4v) is 2.63. The third-order valence-corrected chi connectivity index (χ3v) is 4.11. The van der Waals surface area contributed by atoms with E-state index in [-0.39, 0.29) is 18.3 Å². The van der Waals surface area contributed by atoms with Crippen LogP contribution in [0.4, 0.5) is 8.78 Å². The van der Waals surface area contributed by atoms with E-state index in [4.69, 9.17) is 20.2 Å². The van der Waals surface area contributed by atoms with Crippen molar-refractivity contribution in [2.24, 2.45) is 5.92 Å². The van der Waals surface area contributed by atoms with Gasteiger partial charge in [-0.2, -0.15) is 4.39 Å². The maximum Gasteiger partial charge on any atom is 0.264 e. The maximum atomic E-state index is 13.6. The molecule has 1 aliphatic rings. The number of ether oxygens (including phenoxy) is 2. The SMILES string of the molecule is O=S(=O)(Cl)c1ccc(OCC2CCOC2)c(F)c1F. The molecule has 0 amide bonds. The molecule has 0 aliphatic carbocycles. The molecule has 0 N–H and O–H groups in total. The summed E-state index contributed by atoms with van der Waals surface area (Å²) in [5.41, 5.74) is 0. The van der Waals surface area contributed by atoms with E-state index < -0.39 is 25.6 Å². The molecule has 4 nitrogen and oxygen atoms in total. The van der Waals surface area contributed by atoms with Crippen LogP contribution in [0.25, 0.3) is 0 Å². The van der Waals surface area contributed by atoms with E-state index >= 15 is 0 Å². The fourth-order valence-electron chi connectivity index (χ4n) is 1.74. The lowest BCUT2D eigenvalue weighted by atomic mass is 10.1. The highest BCUT2D eigenvalue weighted by atomic mass is 35.7. The number of hydrogen-bond donors (Lipinski definition) is 0.